The third-order valence-corrected chi connectivity index (χ3v) is 5.72. The first-order chi connectivity index (χ1) is 9.91. The Morgan fingerprint density at radius 3 is 2.52 bits per heavy atom. The highest BCUT2D eigenvalue weighted by Gasteiger charge is 2.42. The lowest BCUT2D eigenvalue weighted by Crippen LogP contribution is -2.39. The zero-order chi connectivity index (χ0) is 15.1. The van der Waals surface area contributed by atoms with E-state index in [1.54, 1.807) is 0 Å². The number of halogens is 3. The molecular weight excluding hydrogens is 299 g/mol. The summed E-state index contributed by atoms with van der Waals surface area (Å²) in [4.78, 5) is 13.2. The van der Waals surface area contributed by atoms with E-state index in [2.05, 4.69) is 5.32 Å². The summed E-state index contributed by atoms with van der Waals surface area (Å²) >= 11 is 1.49. The molecule has 3 rings (SSSR count). The molecule has 1 aromatic carbocycles. The van der Waals surface area contributed by atoms with Crippen molar-refractivity contribution in [3.05, 3.63) is 23.8 Å². The number of nitrogens with one attached hydrogen (secondary N) is 1. The molecule has 0 aromatic heterocycles. The van der Waals surface area contributed by atoms with Gasteiger partial charge in [0.25, 0.3) is 0 Å². The van der Waals surface area contributed by atoms with Gasteiger partial charge in [-0.2, -0.15) is 13.2 Å². The summed E-state index contributed by atoms with van der Waals surface area (Å²) in [5.74, 6) is 0.532. The highest BCUT2D eigenvalue weighted by molar-refractivity contribution is 7.99. The standard InChI is InChI=1S/C15H16F3NOS/c16-15(17,18)10-4-5-12-11(8-10)19-13(20)14(9-21-12)6-2-1-3-7-14/h4-5,8H,1-3,6-7,9H2,(H,19,20). The van der Waals surface area contributed by atoms with E-state index in [9.17, 15) is 18.0 Å². The van der Waals surface area contributed by atoms with E-state index in [4.69, 9.17) is 0 Å². The number of benzene rings is 1. The molecule has 0 bridgehead atoms. The van der Waals surface area contributed by atoms with Crippen LogP contribution in [-0.2, 0) is 11.0 Å². The number of anilines is 1. The molecule has 2 nitrogen and oxygen atoms in total. The summed E-state index contributed by atoms with van der Waals surface area (Å²) in [6, 6.07) is 3.59. The van der Waals surface area contributed by atoms with E-state index < -0.39 is 17.2 Å². The van der Waals surface area contributed by atoms with Gasteiger partial charge in [-0.05, 0) is 31.0 Å². The molecule has 1 N–H and O–H groups in total. The smallest absolute Gasteiger partial charge is 0.325 e. The van der Waals surface area contributed by atoms with Crippen molar-refractivity contribution in [2.75, 3.05) is 11.1 Å². The molecule has 1 fully saturated rings. The Morgan fingerprint density at radius 2 is 1.86 bits per heavy atom. The lowest BCUT2D eigenvalue weighted by molar-refractivity contribution is -0.137. The number of amides is 1. The summed E-state index contributed by atoms with van der Waals surface area (Å²) in [7, 11) is 0. The van der Waals surface area contributed by atoms with Gasteiger partial charge >= 0.3 is 6.18 Å². The van der Waals surface area contributed by atoms with Crippen LogP contribution in [0.25, 0.3) is 0 Å². The summed E-state index contributed by atoms with van der Waals surface area (Å²) in [6.45, 7) is 0. The monoisotopic (exact) mass is 315 g/mol. The number of rotatable bonds is 0. The Kier molecular flexibility index (Phi) is 3.67. The van der Waals surface area contributed by atoms with E-state index in [1.807, 2.05) is 0 Å². The molecule has 1 aliphatic heterocycles. The van der Waals surface area contributed by atoms with Crippen LogP contribution in [0.3, 0.4) is 0 Å². The molecule has 6 heteroatoms. The first kappa shape index (κ1) is 14.8. The Labute approximate surface area is 125 Å². The number of carbonyl (C=O) groups excluding carboxylic acids is 1. The van der Waals surface area contributed by atoms with E-state index in [0.717, 1.165) is 49.1 Å². The molecule has 2 aliphatic rings. The molecule has 1 aliphatic carbocycles. The molecule has 0 saturated heterocycles. The van der Waals surface area contributed by atoms with Crippen molar-refractivity contribution in [3.63, 3.8) is 0 Å². The fourth-order valence-electron chi connectivity index (χ4n) is 3.07. The van der Waals surface area contributed by atoms with Gasteiger partial charge in [0.2, 0.25) is 5.91 Å². The minimum Gasteiger partial charge on any atom is -0.325 e. The van der Waals surface area contributed by atoms with Crippen molar-refractivity contribution in [2.24, 2.45) is 5.41 Å². The van der Waals surface area contributed by atoms with Gasteiger partial charge < -0.3 is 5.32 Å². The topological polar surface area (TPSA) is 29.1 Å². The normalized spacial score (nSPS) is 21.6. The van der Waals surface area contributed by atoms with Crippen molar-refractivity contribution in [1.82, 2.24) is 0 Å². The molecule has 21 heavy (non-hydrogen) atoms. The number of hydrogen-bond acceptors (Lipinski definition) is 2. The van der Waals surface area contributed by atoms with Gasteiger partial charge in [0, 0.05) is 10.6 Å². The number of thioether (sulfide) groups is 1. The zero-order valence-corrected chi connectivity index (χ0v) is 12.2. The molecule has 0 radical (unpaired) electrons. The molecule has 1 saturated carbocycles. The summed E-state index contributed by atoms with van der Waals surface area (Å²) in [5.41, 5.74) is -0.843. The number of hydrogen-bond donors (Lipinski definition) is 1. The van der Waals surface area contributed by atoms with Gasteiger partial charge in [-0.1, -0.05) is 19.3 Å². The first-order valence-electron chi connectivity index (χ1n) is 7.06. The van der Waals surface area contributed by atoms with Crippen LogP contribution in [0, 0.1) is 5.41 Å². The third kappa shape index (κ3) is 2.78. The SMILES string of the molecule is O=C1Nc2cc(C(F)(F)F)ccc2SCC12CCCCC2. The van der Waals surface area contributed by atoms with Crippen molar-refractivity contribution in [2.45, 2.75) is 43.2 Å². The highest BCUT2D eigenvalue weighted by atomic mass is 32.2. The Morgan fingerprint density at radius 1 is 1.14 bits per heavy atom. The summed E-state index contributed by atoms with van der Waals surface area (Å²) < 4.78 is 38.4. The van der Waals surface area contributed by atoms with Gasteiger partial charge in [-0.25, -0.2) is 0 Å². The molecule has 0 unspecified atom stereocenters. The Balaban J connectivity index is 1.92. The molecular formula is C15H16F3NOS. The van der Waals surface area contributed by atoms with Crippen LogP contribution < -0.4 is 5.32 Å². The second-order valence-electron chi connectivity index (χ2n) is 5.79. The van der Waals surface area contributed by atoms with E-state index >= 15 is 0 Å². The van der Waals surface area contributed by atoms with Crippen molar-refractivity contribution >= 4 is 23.4 Å². The maximum Gasteiger partial charge on any atom is 0.416 e. The van der Waals surface area contributed by atoms with E-state index in [1.165, 1.54) is 17.8 Å². The molecule has 1 spiro atoms. The quantitative estimate of drug-likeness (QED) is 0.752. The van der Waals surface area contributed by atoms with Gasteiger partial charge in [-0.3, -0.25) is 4.79 Å². The maximum atomic E-state index is 12.8. The lowest BCUT2D eigenvalue weighted by atomic mass is 9.75. The maximum absolute atomic E-state index is 12.8. The molecule has 114 valence electrons. The molecule has 1 heterocycles. The minimum atomic E-state index is -4.39. The fourth-order valence-corrected chi connectivity index (χ4v) is 4.35. The van der Waals surface area contributed by atoms with E-state index in [0.29, 0.717) is 11.4 Å². The van der Waals surface area contributed by atoms with Crippen LogP contribution in [0.15, 0.2) is 23.1 Å². The Hall–Kier alpha value is -1.17. The number of alkyl halides is 3. The number of carbonyl (C=O) groups is 1. The predicted octanol–water partition coefficient (Wildman–Crippen LogP) is 4.70. The first-order valence-corrected chi connectivity index (χ1v) is 8.05. The van der Waals surface area contributed by atoms with Crippen LogP contribution >= 0.6 is 11.8 Å². The fraction of sp³-hybridized carbons (Fsp3) is 0.533. The van der Waals surface area contributed by atoms with Crippen molar-refractivity contribution in [3.8, 4) is 0 Å². The van der Waals surface area contributed by atoms with E-state index in [-0.39, 0.29) is 5.91 Å². The van der Waals surface area contributed by atoms with Crippen LogP contribution in [0.1, 0.15) is 37.7 Å². The largest absolute Gasteiger partial charge is 0.416 e. The van der Waals surface area contributed by atoms with Gasteiger partial charge in [0.05, 0.1) is 16.7 Å². The summed E-state index contributed by atoms with van der Waals surface area (Å²) in [5, 5.41) is 2.74. The molecule has 1 aromatic rings. The van der Waals surface area contributed by atoms with Gasteiger partial charge in [0.1, 0.15) is 0 Å². The lowest BCUT2D eigenvalue weighted by Gasteiger charge is -2.33. The van der Waals surface area contributed by atoms with Crippen LogP contribution in [0.5, 0.6) is 0 Å². The highest BCUT2D eigenvalue weighted by Crippen LogP contribution is 2.46. The average Bonchev–Trinajstić information content (AvgIpc) is 2.57. The van der Waals surface area contributed by atoms with Crippen LogP contribution in [0.4, 0.5) is 18.9 Å². The molecule has 0 atom stereocenters. The number of fused-ring (bicyclic) bond motifs is 1. The molecule has 1 amide bonds. The van der Waals surface area contributed by atoms with Crippen LogP contribution in [-0.4, -0.2) is 11.7 Å². The second kappa shape index (κ2) is 5.23. The van der Waals surface area contributed by atoms with Gasteiger partial charge in [-0.15, -0.1) is 11.8 Å². The van der Waals surface area contributed by atoms with Crippen LogP contribution in [0.2, 0.25) is 0 Å². The van der Waals surface area contributed by atoms with Crippen molar-refractivity contribution in [1.29, 1.82) is 0 Å². The zero-order valence-electron chi connectivity index (χ0n) is 11.4. The second-order valence-corrected chi connectivity index (χ2v) is 6.81. The Bertz CT molecular complexity index is 565. The predicted molar refractivity (Wildman–Crippen MR) is 76.3 cm³/mol. The van der Waals surface area contributed by atoms with Gasteiger partial charge in [0.15, 0.2) is 0 Å². The third-order valence-electron chi connectivity index (χ3n) is 4.35. The summed E-state index contributed by atoms with van der Waals surface area (Å²) in [6.07, 6.45) is 0.415. The van der Waals surface area contributed by atoms with Crippen molar-refractivity contribution < 1.29 is 18.0 Å². The minimum absolute atomic E-state index is 0.118. The average molecular weight is 315 g/mol.